The molecule has 5 heteroatoms. The van der Waals surface area contributed by atoms with Crippen LogP contribution in [0, 0.1) is 13.8 Å². The molecule has 1 unspecified atom stereocenters. The smallest absolute Gasteiger partial charge is 0.279 e. The Morgan fingerprint density at radius 2 is 1.96 bits per heavy atom. The third kappa shape index (κ3) is 4.04. The lowest BCUT2D eigenvalue weighted by Crippen LogP contribution is -3.14. The van der Waals surface area contributed by atoms with Crippen molar-refractivity contribution in [2.45, 2.75) is 32.6 Å². The number of aromatic nitrogens is 1. The van der Waals surface area contributed by atoms with E-state index in [1.807, 2.05) is 38.1 Å². The van der Waals surface area contributed by atoms with Gasteiger partial charge in [0, 0.05) is 5.69 Å². The van der Waals surface area contributed by atoms with Crippen LogP contribution in [0.25, 0.3) is 10.2 Å². The van der Waals surface area contributed by atoms with Crippen molar-refractivity contribution in [3.8, 4) is 0 Å². The van der Waals surface area contributed by atoms with Gasteiger partial charge in [-0.05, 0) is 49.9 Å². The van der Waals surface area contributed by atoms with Crippen LogP contribution in [0.15, 0.2) is 42.5 Å². The second-order valence-electron chi connectivity index (χ2n) is 7.55. The summed E-state index contributed by atoms with van der Waals surface area (Å²) in [5, 5.41) is 4.35. The van der Waals surface area contributed by atoms with E-state index in [0.717, 1.165) is 41.8 Å². The van der Waals surface area contributed by atoms with Crippen molar-refractivity contribution in [2.75, 3.05) is 25.0 Å². The minimum Gasteiger partial charge on any atom is -0.327 e. The number of hydrogen-bond acceptors (Lipinski definition) is 3. The average Bonchev–Trinajstić information content (AvgIpc) is 3.09. The average molecular weight is 381 g/mol. The molecule has 0 radical (unpaired) electrons. The van der Waals surface area contributed by atoms with Gasteiger partial charge in [-0.25, -0.2) is 4.98 Å². The highest BCUT2D eigenvalue weighted by molar-refractivity contribution is 7.18. The SMILES string of the molecule is Cc1cccc(C)c1NC(=O)C[NH+]1CCC[C@@H](c2nc3ccccc3s2)C1. The fourth-order valence-corrected chi connectivity index (χ4v) is 5.11. The van der Waals surface area contributed by atoms with Crippen LogP contribution in [-0.2, 0) is 4.79 Å². The molecular formula is C22H26N3OS+. The molecule has 3 aromatic rings. The van der Waals surface area contributed by atoms with E-state index in [9.17, 15) is 4.79 Å². The summed E-state index contributed by atoms with van der Waals surface area (Å²) in [6, 6.07) is 14.4. The molecular weight excluding hydrogens is 354 g/mol. The molecule has 0 aliphatic carbocycles. The van der Waals surface area contributed by atoms with Crippen LogP contribution < -0.4 is 10.2 Å². The van der Waals surface area contributed by atoms with E-state index in [0.29, 0.717) is 12.5 Å². The van der Waals surface area contributed by atoms with Crippen molar-refractivity contribution in [2.24, 2.45) is 0 Å². The Morgan fingerprint density at radius 3 is 2.74 bits per heavy atom. The van der Waals surface area contributed by atoms with Gasteiger partial charge in [-0.2, -0.15) is 0 Å². The Hall–Kier alpha value is -2.24. The van der Waals surface area contributed by atoms with Crippen molar-refractivity contribution in [1.29, 1.82) is 0 Å². The summed E-state index contributed by atoms with van der Waals surface area (Å²) in [7, 11) is 0. The molecule has 0 saturated carbocycles. The van der Waals surface area contributed by atoms with Gasteiger partial charge in [0.05, 0.1) is 29.2 Å². The monoisotopic (exact) mass is 380 g/mol. The van der Waals surface area contributed by atoms with Crippen molar-refractivity contribution >= 4 is 33.1 Å². The molecule has 1 saturated heterocycles. The van der Waals surface area contributed by atoms with Crippen molar-refractivity contribution < 1.29 is 9.69 Å². The molecule has 1 aliphatic heterocycles. The molecule has 4 rings (SSSR count). The molecule has 4 nitrogen and oxygen atoms in total. The lowest BCUT2D eigenvalue weighted by atomic mass is 9.99. The highest BCUT2D eigenvalue weighted by atomic mass is 32.1. The number of fused-ring (bicyclic) bond motifs is 1. The number of rotatable bonds is 4. The third-order valence-corrected chi connectivity index (χ3v) is 6.63. The minimum atomic E-state index is 0.104. The van der Waals surface area contributed by atoms with Crippen molar-refractivity contribution in [1.82, 2.24) is 4.98 Å². The summed E-state index contributed by atoms with van der Waals surface area (Å²) < 4.78 is 1.26. The fourth-order valence-electron chi connectivity index (χ4n) is 4.01. The lowest BCUT2D eigenvalue weighted by Gasteiger charge is -2.28. The summed E-state index contributed by atoms with van der Waals surface area (Å²) in [6.07, 6.45) is 2.31. The summed E-state index contributed by atoms with van der Waals surface area (Å²) in [5.41, 5.74) is 4.28. The molecule has 1 aromatic heterocycles. The zero-order valence-electron chi connectivity index (χ0n) is 15.9. The number of para-hydroxylation sites is 2. The number of thiazole rings is 1. The van der Waals surface area contributed by atoms with Gasteiger partial charge in [0.25, 0.3) is 5.91 Å². The number of piperidine rings is 1. The number of nitrogens with zero attached hydrogens (tertiary/aromatic N) is 1. The molecule has 2 heterocycles. The summed E-state index contributed by atoms with van der Waals surface area (Å²) >= 11 is 1.81. The molecule has 1 aliphatic rings. The first kappa shape index (κ1) is 18.1. The number of quaternary nitrogens is 1. The number of anilines is 1. The number of carbonyl (C=O) groups is 1. The maximum absolute atomic E-state index is 12.6. The van der Waals surface area contributed by atoms with E-state index in [4.69, 9.17) is 4.98 Å². The van der Waals surface area contributed by atoms with E-state index < -0.39 is 0 Å². The molecule has 27 heavy (non-hydrogen) atoms. The number of nitrogens with one attached hydrogen (secondary N) is 2. The summed E-state index contributed by atoms with van der Waals surface area (Å²) in [4.78, 5) is 18.8. The summed E-state index contributed by atoms with van der Waals surface area (Å²) in [5.74, 6) is 0.562. The van der Waals surface area contributed by atoms with Crippen LogP contribution in [0.5, 0.6) is 0 Å². The molecule has 140 valence electrons. The Morgan fingerprint density at radius 1 is 1.19 bits per heavy atom. The zero-order valence-corrected chi connectivity index (χ0v) is 16.7. The van der Waals surface area contributed by atoms with Crippen LogP contribution in [0.4, 0.5) is 5.69 Å². The number of carbonyl (C=O) groups excluding carboxylic acids is 1. The van der Waals surface area contributed by atoms with Gasteiger partial charge in [-0.15, -0.1) is 11.3 Å². The number of amides is 1. The topological polar surface area (TPSA) is 46.4 Å². The van der Waals surface area contributed by atoms with Crippen LogP contribution in [0.3, 0.4) is 0 Å². The standard InChI is InChI=1S/C22H25N3OS/c1-15-7-5-8-16(2)21(15)24-20(26)14-25-12-6-9-17(13-25)22-23-18-10-3-4-11-19(18)27-22/h3-5,7-8,10-11,17H,6,9,12-14H2,1-2H3,(H,24,26)/p+1/t17-/m1/s1. The highest BCUT2D eigenvalue weighted by Crippen LogP contribution is 2.30. The van der Waals surface area contributed by atoms with E-state index >= 15 is 0 Å². The molecule has 0 spiro atoms. The van der Waals surface area contributed by atoms with Gasteiger partial charge in [-0.3, -0.25) is 4.79 Å². The second-order valence-corrected chi connectivity index (χ2v) is 8.62. The van der Waals surface area contributed by atoms with E-state index in [2.05, 4.69) is 23.5 Å². The van der Waals surface area contributed by atoms with Crippen LogP contribution >= 0.6 is 11.3 Å². The van der Waals surface area contributed by atoms with Crippen molar-refractivity contribution in [3.63, 3.8) is 0 Å². The third-order valence-electron chi connectivity index (χ3n) is 5.43. The Bertz CT molecular complexity index is 912. The van der Waals surface area contributed by atoms with Crippen LogP contribution in [-0.4, -0.2) is 30.5 Å². The molecule has 2 aromatic carbocycles. The van der Waals surface area contributed by atoms with E-state index in [-0.39, 0.29) is 5.91 Å². The molecule has 1 fully saturated rings. The van der Waals surface area contributed by atoms with Gasteiger partial charge >= 0.3 is 0 Å². The van der Waals surface area contributed by atoms with Gasteiger partial charge in [0.15, 0.2) is 6.54 Å². The molecule has 2 N–H and O–H groups in total. The Labute approximate surface area is 164 Å². The number of hydrogen-bond donors (Lipinski definition) is 2. The van der Waals surface area contributed by atoms with E-state index in [1.165, 1.54) is 21.0 Å². The zero-order chi connectivity index (χ0) is 18.8. The van der Waals surface area contributed by atoms with Crippen LogP contribution in [0.1, 0.15) is 34.9 Å². The van der Waals surface area contributed by atoms with Gasteiger partial charge in [-0.1, -0.05) is 30.3 Å². The first-order valence-corrected chi connectivity index (χ1v) is 10.5. The predicted octanol–water partition coefficient (Wildman–Crippen LogP) is 3.31. The van der Waals surface area contributed by atoms with Crippen molar-refractivity contribution in [3.05, 3.63) is 58.6 Å². The minimum absolute atomic E-state index is 0.104. The molecule has 0 bridgehead atoms. The summed E-state index contributed by atoms with van der Waals surface area (Å²) in [6.45, 7) is 6.65. The highest BCUT2D eigenvalue weighted by Gasteiger charge is 2.28. The molecule has 1 amide bonds. The largest absolute Gasteiger partial charge is 0.327 e. The maximum atomic E-state index is 12.6. The molecule has 2 atom stereocenters. The number of aryl methyl sites for hydroxylation is 2. The predicted molar refractivity (Wildman–Crippen MR) is 112 cm³/mol. The second kappa shape index (κ2) is 7.79. The lowest BCUT2D eigenvalue weighted by molar-refractivity contribution is -0.898. The van der Waals surface area contributed by atoms with E-state index in [1.54, 1.807) is 11.3 Å². The quantitative estimate of drug-likeness (QED) is 0.729. The number of benzene rings is 2. The fraction of sp³-hybridized carbons (Fsp3) is 0.364. The Balaban J connectivity index is 1.41. The maximum Gasteiger partial charge on any atom is 0.279 e. The van der Waals surface area contributed by atoms with Gasteiger partial charge < -0.3 is 10.2 Å². The van der Waals surface area contributed by atoms with Gasteiger partial charge in [0.2, 0.25) is 0 Å². The normalized spacial score (nSPS) is 19.9. The first-order chi connectivity index (χ1) is 13.1. The van der Waals surface area contributed by atoms with Gasteiger partial charge in [0.1, 0.15) is 5.01 Å². The Kier molecular flexibility index (Phi) is 5.23. The number of likely N-dealkylation sites (tertiary alicyclic amines) is 1. The van der Waals surface area contributed by atoms with Crippen LogP contribution in [0.2, 0.25) is 0 Å². The first-order valence-electron chi connectivity index (χ1n) is 9.65.